The quantitative estimate of drug-likeness (QED) is 0.305. The Morgan fingerprint density at radius 1 is 0.885 bits per heavy atom. The van der Waals surface area contributed by atoms with Gasteiger partial charge in [0.05, 0.1) is 5.82 Å². The number of hydrogen-bond acceptors (Lipinski definition) is 1. The van der Waals surface area contributed by atoms with Crippen molar-refractivity contribution in [3.05, 3.63) is 85.2 Å². The van der Waals surface area contributed by atoms with E-state index in [-0.39, 0.29) is 20.1 Å². The minimum Gasteiger partial charge on any atom is -0.344 e. The van der Waals surface area contributed by atoms with Crippen LogP contribution in [0.5, 0.6) is 0 Å². The van der Waals surface area contributed by atoms with Gasteiger partial charge in [-0.25, -0.2) is 0 Å². The summed E-state index contributed by atoms with van der Waals surface area (Å²) < 4.78 is 4.36. The van der Waals surface area contributed by atoms with Gasteiger partial charge in [-0.3, -0.25) is 4.98 Å². The summed E-state index contributed by atoms with van der Waals surface area (Å²) in [6, 6.07) is 26.3. The fourth-order valence-electron chi connectivity index (χ4n) is 3.55. The number of nitrogens with zero attached hydrogens (tertiary/aromatic N) is 3. The van der Waals surface area contributed by atoms with Crippen molar-refractivity contribution in [2.75, 3.05) is 0 Å². The number of para-hydroxylation sites is 1. The molecule has 129 valence electrons. The molecule has 0 N–H and O–H groups in total. The first kappa shape index (κ1) is 16.8. The first-order valence-corrected chi connectivity index (χ1v) is 8.31. The molecule has 4 heteroatoms. The van der Waals surface area contributed by atoms with E-state index in [1.807, 2.05) is 36.7 Å². The SMILES string of the molecule is Cn1c2ccccc2c2cc(-n3ccnc3-c3[c-]cccc3)ccc21.[Ir]. The Morgan fingerprint density at radius 3 is 2.54 bits per heavy atom. The number of aryl methyl sites for hydroxylation is 1. The van der Waals surface area contributed by atoms with Crippen molar-refractivity contribution >= 4 is 21.8 Å². The van der Waals surface area contributed by atoms with Crippen molar-refractivity contribution in [3.63, 3.8) is 0 Å². The number of rotatable bonds is 2. The van der Waals surface area contributed by atoms with Crippen LogP contribution in [-0.4, -0.2) is 14.1 Å². The summed E-state index contributed by atoms with van der Waals surface area (Å²) in [5, 5.41) is 2.53. The molecule has 26 heavy (non-hydrogen) atoms. The fourth-order valence-corrected chi connectivity index (χ4v) is 3.55. The fraction of sp³-hybridized carbons (Fsp3) is 0.0455. The van der Waals surface area contributed by atoms with Crippen LogP contribution in [0.2, 0.25) is 0 Å². The third-order valence-corrected chi connectivity index (χ3v) is 4.77. The summed E-state index contributed by atoms with van der Waals surface area (Å²) >= 11 is 0. The molecule has 1 radical (unpaired) electrons. The third kappa shape index (κ3) is 2.50. The molecule has 0 atom stereocenters. The zero-order valence-corrected chi connectivity index (χ0v) is 16.6. The molecule has 5 aromatic rings. The summed E-state index contributed by atoms with van der Waals surface area (Å²) in [7, 11) is 2.12. The average Bonchev–Trinajstić information content (AvgIpc) is 3.27. The number of benzene rings is 3. The van der Waals surface area contributed by atoms with Gasteiger partial charge in [-0.15, -0.1) is 35.9 Å². The van der Waals surface area contributed by atoms with Crippen LogP contribution in [0.25, 0.3) is 38.9 Å². The van der Waals surface area contributed by atoms with Gasteiger partial charge >= 0.3 is 0 Å². The van der Waals surface area contributed by atoms with Crippen molar-refractivity contribution in [1.82, 2.24) is 14.1 Å². The zero-order chi connectivity index (χ0) is 16.8. The summed E-state index contributed by atoms with van der Waals surface area (Å²) in [5.41, 5.74) is 4.58. The van der Waals surface area contributed by atoms with Gasteiger partial charge in [0.2, 0.25) is 0 Å². The maximum absolute atomic E-state index is 4.54. The van der Waals surface area contributed by atoms with Crippen LogP contribution in [-0.2, 0) is 27.2 Å². The molecule has 0 aliphatic heterocycles. The van der Waals surface area contributed by atoms with E-state index in [1.54, 1.807) is 0 Å². The molecule has 0 saturated carbocycles. The van der Waals surface area contributed by atoms with Crippen LogP contribution >= 0.6 is 0 Å². The summed E-state index contributed by atoms with van der Waals surface area (Å²) in [6.45, 7) is 0. The molecule has 3 nitrogen and oxygen atoms in total. The van der Waals surface area contributed by atoms with Crippen molar-refractivity contribution in [3.8, 4) is 17.1 Å². The molecule has 5 rings (SSSR count). The van der Waals surface area contributed by atoms with E-state index in [0.29, 0.717) is 0 Å². The predicted molar refractivity (Wildman–Crippen MR) is 102 cm³/mol. The number of fused-ring (bicyclic) bond motifs is 3. The van der Waals surface area contributed by atoms with Crippen LogP contribution in [0.3, 0.4) is 0 Å². The molecule has 0 saturated heterocycles. The van der Waals surface area contributed by atoms with E-state index in [4.69, 9.17) is 0 Å². The summed E-state index contributed by atoms with van der Waals surface area (Å²) in [5.74, 6) is 0.903. The Labute approximate surface area is 165 Å². The molecular weight excluding hydrogens is 498 g/mol. The maximum Gasteiger partial charge on any atom is 0.0602 e. The molecule has 0 amide bonds. The standard InChI is InChI=1S/C22H16N3.Ir/c1-24-20-10-6-5-9-18(20)19-15-17(11-12-21(19)24)25-14-13-23-22(25)16-7-3-2-4-8-16;/h2-7,9-15H,1H3;/q-1;. The topological polar surface area (TPSA) is 22.8 Å². The van der Waals surface area contributed by atoms with E-state index in [1.165, 1.54) is 21.8 Å². The minimum atomic E-state index is 0. The van der Waals surface area contributed by atoms with Gasteiger partial charge in [0.1, 0.15) is 0 Å². The molecular formula is C22H16IrN3-. The van der Waals surface area contributed by atoms with E-state index in [2.05, 4.69) is 69.7 Å². The molecule has 0 fully saturated rings. The van der Waals surface area contributed by atoms with Crippen LogP contribution in [0, 0.1) is 6.07 Å². The Kier molecular flexibility index (Phi) is 4.23. The van der Waals surface area contributed by atoms with Gasteiger partial charge < -0.3 is 9.13 Å². The largest absolute Gasteiger partial charge is 0.344 e. The molecule has 3 aromatic carbocycles. The molecule has 0 spiro atoms. The van der Waals surface area contributed by atoms with Crippen LogP contribution in [0.15, 0.2) is 79.1 Å². The number of aromatic nitrogens is 3. The monoisotopic (exact) mass is 515 g/mol. The second kappa shape index (κ2) is 6.56. The molecule has 0 aliphatic carbocycles. The molecule has 0 unspecified atom stereocenters. The van der Waals surface area contributed by atoms with Gasteiger partial charge in [-0.2, -0.15) is 0 Å². The average molecular weight is 515 g/mol. The maximum atomic E-state index is 4.54. The Morgan fingerprint density at radius 2 is 1.69 bits per heavy atom. The second-order valence-corrected chi connectivity index (χ2v) is 6.17. The third-order valence-electron chi connectivity index (χ3n) is 4.77. The molecule has 0 bridgehead atoms. The Bertz CT molecular complexity index is 1200. The van der Waals surface area contributed by atoms with Crippen LogP contribution in [0.1, 0.15) is 0 Å². The predicted octanol–water partition coefficient (Wildman–Crippen LogP) is 4.98. The normalized spacial score (nSPS) is 11.0. The van der Waals surface area contributed by atoms with Gasteiger partial charge in [0.15, 0.2) is 0 Å². The Hall–Kier alpha value is -2.68. The van der Waals surface area contributed by atoms with Crippen molar-refractivity contribution in [1.29, 1.82) is 0 Å². The molecule has 2 heterocycles. The van der Waals surface area contributed by atoms with Crippen molar-refractivity contribution < 1.29 is 20.1 Å². The van der Waals surface area contributed by atoms with Crippen LogP contribution in [0.4, 0.5) is 0 Å². The van der Waals surface area contributed by atoms with E-state index >= 15 is 0 Å². The van der Waals surface area contributed by atoms with Crippen LogP contribution < -0.4 is 0 Å². The first-order valence-electron chi connectivity index (χ1n) is 8.31. The second-order valence-electron chi connectivity index (χ2n) is 6.17. The zero-order valence-electron chi connectivity index (χ0n) is 14.2. The minimum absolute atomic E-state index is 0. The van der Waals surface area contributed by atoms with Gasteiger partial charge in [-0.1, -0.05) is 18.2 Å². The van der Waals surface area contributed by atoms with Crippen molar-refractivity contribution in [2.24, 2.45) is 7.05 Å². The smallest absolute Gasteiger partial charge is 0.0602 e. The Balaban J connectivity index is 0.00000168. The van der Waals surface area contributed by atoms with Gasteiger partial charge in [0, 0.05) is 67.0 Å². The molecule has 0 aliphatic rings. The van der Waals surface area contributed by atoms with E-state index in [9.17, 15) is 0 Å². The van der Waals surface area contributed by atoms with Gasteiger partial charge in [0.25, 0.3) is 0 Å². The number of hydrogen-bond donors (Lipinski definition) is 0. The van der Waals surface area contributed by atoms with Gasteiger partial charge in [-0.05, 0) is 24.3 Å². The summed E-state index contributed by atoms with van der Waals surface area (Å²) in [6.07, 6.45) is 3.84. The number of imidazole rings is 1. The first-order chi connectivity index (χ1) is 12.3. The van der Waals surface area contributed by atoms with E-state index < -0.39 is 0 Å². The molecule has 2 aromatic heterocycles. The van der Waals surface area contributed by atoms with Crippen molar-refractivity contribution in [2.45, 2.75) is 0 Å². The van der Waals surface area contributed by atoms with E-state index in [0.717, 1.165) is 17.1 Å². The summed E-state index contributed by atoms with van der Waals surface area (Å²) in [4.78, 5) is 4.54.